The number of nitrogens with one attached hydrogen (secondary N) is 1. The van der Waals surface area contributed by atoms with Crippen molar-refractivity contribution in [1.82, 2.24) is 10.2 Å². The third kappa shape index (κ3) is 3.43. The highest BCUT2D eigenvalue weighted by atomic mass is 79.9. The Bertz CT molecular complexity index is 546. The van der Waals surface area contributed by atoms with Gasteiger partial charge < -0.3 is 10.6 Å². The first-order chi connectivity index (χ1) is 9.47. The molecule has 1 aliphatic heterocycles. The summed E-state index contributed by atoms with van der Waals surface area (Å²) in [6, 6.07) is 6.67. The standard InChI is InChI=1S/C13H14BrN3O3/c14-9-4-2-1-3-8(9)5-10(15)13(20)17-6-11(18)16-12(19)7-17/h1-4,10H,5-7,15H2,(H,16,18,19)/t10-/m0/s1. The van der Waals surface area contributed by atoms with E-state index in [2.05, 4.69) is 21.2 Å². The number of hydrogen-bond acceptors (Lipinski definition) is 4. The Morgan fingerprint density at radius 3 is 2.50 bits per heavy atom. The molecule has 1 aromatic rings. The van der Waals surface area contributed by atoms with E-state index in [1.54, 1.807) is 0 Å². The lowest BCUT2D eigenvalue weighted by atomic mass is 10.1. The van der Waals surface area contributed by atoms with Crippen molar-refractivity contribution in [2.24, 2.45) is 5.73 Å². The Kier molecular flexibility index (Phi) is 4.51. The van der Waals surface area contributed by atoms with Crippen LogP contribution in [0.1, 0.15) is 5.56 Å². The molecule has 3 N–H and O–H groups in total. The van der Waals surface area contributed by atoms with E-state index in [9.17, 15) is 14.4 Å². The second kappa shape index (κ2) is 6.15. The summed E-state index contributed by atoms with van der Waals surface area (Å²) in [7, 11) is 0. The molecule has 0 aromatic heterocycles. The Morgan fingerprint density at radius 2 is 1.90 bits per heavy atom. The number of rotatable bonds is 3. The summed E-state index contributed by atoms with van der Waals surface area (Å²) >= 11 is 3.39. The van der Waals surface area contributed by atoms with Gasteiger partial charge in [0.1, 0.15) is 13.1 Å². The van der Waals surface area contributed by atoms with E-state index >= 15 is 0 Å². The number of nitrogens with zero attached hydrogens (tertiary/aromatic N) is 1. The first-order valence-corrected chi connectivity index (χ1v) is 6.87. The molecule has 3 amide bonds. The predicted molar refractivity (Wildman–Crippen MR) is 75.6 cm³/mol. The van der Waals surface area contributed by atoms with Crippen LogP contribution in [0.15, 0.2) is 28.7 Å². The van der Waals surface area contributed by atoms with E-state index in [0.717, 1.165) is 10.0 Å². The van der Waals surface area contributed by atoms with Gasteiger partial charge in [0.2, 0.25) is 17.7 Å². The number of benzene rings is 1. The minimum absolute atomic E-state index is 0.131. The van der Waals surface area contributed by atoms with Crippen LogP contribution < -0.4 is 11.1 Å². The van der Waals surface area contributed by atoms with Crippen LogP contribution in [0.3, 0.4) is 0 Å². The van der Waals surface area contributed by atoms with Gasteiger partial charge in [0.05, 0.1) is 6.04 Å². The molecule has 1 heterocycles. The molecule has 0 radical (unpaired) electrons. The molecule has 0 unspecified atom stereocenters. The van der Waals surface area contributed by atoms with Gasteiger partial charge in [-0.1, -0.05) is 34.1 Å². The van der Waals surface area contributed by atoms with Crippen molar-refractivity contribution in [3.8, 4) is 0 Å². The quantitative estimate of drug-likeness (QED) is 0.746. The topological polar surface area (TPSA) is 92.5 Å². The summed E-state index contributed by atoms with van der Waals surface area (Å²) in [6.07, 6.45) is 0.340. The monoisotopic (exact) mass is 339 g/mol. The third-order valence-corrected chi connectivity index (χ3v) is 3.75. The summed E-state index contributed by atoms with van der Waals surface area (Å²) in [5.41, 5.74) is 6.79. The highest BCUT2D eigenvalue weighted by Crippen LogP contribution is 2.17. The van der Waals surface area contributed by atoms with E-state index in [-0.39, 0.29) is 13.1 Å². The second-order valence-corrected chi connectivity index (χ2v) is 5.42. The normalized spacial score (nSPS) is 16.8. The molecule has 2 rings (SSSR count). The number of nitrogens with two attached hydrogens (primary N) is 1. The van der Waals surface area contributed by atoms with E-state index < -0.39 is 23.8 Å². The maximum absolute atomic E-state index is 12.2. The fraction of sp³-hybridized carbons (Fsp3) is 0.308. The number of halogens is 1. The largest absolute Gasteiger partial charge is 0.323 e. The van der Waals surface area contributed by atoms with Crippen LogP contribution in [0.25, 0.3) is 0 Å². The zero-order valence-corrected chi connectivity index (χ0v) is 12.2. The average molecular weight is 340 g/mol. The van der Waals surface area contributed by atoms with Gasteiger partial charge in [0, 0.05) is 4.47 Å². The van der Waals surface area contributed by atoms with Crippen LogP contribution in [0, 0.1) is 0 Å². The number of carbonyl (C=O) groups excluding carboxylic acids is 3. The lowest BCUT2D eigenvalue weighted by molar-refractivity contribution is -0.146. The molecule has 7 heteroatoms. The molecular formula is C13H14BrN3O3. The van der Waals surface area contributed by atoms with Crippen molar-refractivity contribution < 1.29 is 14.4 Å². The summed E-state index contributed by atoms with van der Waals surface area (Å²) in [5, 5.41) is 2.14. The van der Waals surface area contributed by atoms with Gasteiger partial charge in [-0.15, -0.1) is 0 Å². The SMILES string of the molecule is N[C@@H](Cc1ccccc1Br)C(=O)N1CC(=O)NC(=O)C1. The molecule has 6 nitrogen and oxygen atoms in total. The smallest absolute Gasteiger partial charge is 0.246 e. The van der Waals surface area contributed by atoms with E-state index in [0.29, 0.717) is 6.42 Å². The van der Waals surface area contributed by atoms with Gasteiger partial charge in [-0.2, -0.15) is 0 Å². The van der Waals surface area contributed by atoms with Crippen LogP contribution in [0.2, 0.25) is 0 Å². The molecule has 1 aliphatic rings. The second-order valence-electron chi connectivity index (χ2n) is 4.57. The fourth-order valence-corrected chi connectivity index (χ4v) is 2.46. The molecule has 0 spiro atoms. The Morgan fingerprint density at radius 1 is 1.30 bits per heavy atom. The van der Waals surface area contributed by atoms with Gasteiger partial charge >= 0.3 is 0 Å². The van der Waals surface area contributed by atoms with Crippen LogP contribution in [0.5, 0.6) is 0 Å². The molecule has 0 saturated carbocycles. The van der Waals surface area contributed by atoms with Gasteiger partial charge in [-0.05, 0) is 18.1 Å². The molecule has 1 saturated heterocycles. The molecule has 106 valence electrons. The summed E-state index contributed by atoms with van der Waals surface area (Å²) in [5.74, 6) is -1.37. The Labute approximate surface area is 124 Å². The first kappa shape index (κ1) is 14.7. The maximum Gasteiger partial charge on any atom is 0.246 e. The summed E-state index contributed by atoms with van der Waals surface area (Å²) < 4.78 is 0.871. The van der Waals surface area contributed by atoms with E-state index in [4.69, 9.17) is 5.73 Å². The lowest BCUT2D eigenvalue weighted by Crippen LogP contribution is -2.57. The number of hydrogen-bond donors (Lipinski definition) is 2. The van der Waals surface area contributed by atoms with Crippen molar-refractivity contribution in [3.63, 3.8) is 0 Å². The van der Waals surface area contributed by atoms with E-state index in [1.165, 1.54) is 4.90 Å². The van der Waals surface area contributed by atoms with Crippen molar-refractivity contribution in [2.45, 2.75) is 12.5 Å². The maximum atomic E-state index is 12.2. The highest BCUT2D eigenvalue weighted by Gasteiger charge is 2.29. The van der Waals surface area contributed by atoms with Crippen LogP contribution >= 0.6 is 15.9 Å². The fourth-order valence-electron chi connectivity index (χ4n) is 2.02. The molecule has 1 fully saturated rings. The number of imide groups is 1. The number of piperazine rings is 1. The van der Waals surface area contributed by atoms with Crippen LogP contribution in [-0.4, -0.2) is 41.8 Å². The Balaban J connectivity index is 2.03. The zero-order chi connectivity index (χ0) is 14.7. The van der Waals surface area contributed by atoms with Crippen molar-refractivity contribution in [1.29, 1.82) is 0 Å². The predicted octanol–water partition coefficient (Wildman–Crippen LogP) is -0.196. The van der Waals surface area contributed by atoms with Gasteiger partial charge in [0.15, 0.2) is 0 Å². The summed E-state index contributed by atoms with van der Waals surface area (Å²) in [6.45, 7) is -0.261. The minimum atomic E-state index is -0.785. The molecule has 1 atom stereocenters. The average Bonchev–Trinajstić information content (AvgIpc) is 2.39. The van der Waals surface area contributed by atoms with Crippen LogP contribution in [0.4, 0.5) is 0 Å². The first-order valence-electron chi connectivity index (χ1n) is 6.08. The molecule has 1 aromatic carbocycles. The van der Waals surface area contributed by atoms with Crippen molar-refractivity contribution >= 4 is 33.7 Å². The minimum Gasteiger partial charge on any atom is -0.323 e. The zero-order valence-electron chi connectivity index (χ0n) is 10.6. The number of carbonyl (C=O) groups is 3. The van der Waals surface area contributed by atoms with Gasteiger partial charge in [-0.25, -0.2) is 0 Å². The molecule has 20 heavy (non-hydrogen) atoms. The van der Waals surface area contributed by atoms with Gasteiger partial charge in [-0.3, -0.25) is 19.7 Å². The number of amides is 3. The Hall–Kier alpha value is -1.73. The summed E-state index contributed by atoms with van der Waals surface area (Å²) in [4.78, 5) is 35.8. The molecular weight excluding hydrogens is 326 g/mol. The van der Waals surface area contributed by atoms with Crippen molar-refractivity contribution in [2.75, 3.05) is 13.1 Å². The van der Waals surface area contributed by atoms with E-state index in [1.807, 2.05) is 24.3 Å². The van der Waals surface area contributed by atoms with Crippen molar-refractivity contribution in [3.05, 3.63) is 34.3 Å². The molecule has 0 bridgehead atoms. The lowest BCUT2D eigenvalue weighted by Gasteiger charge is -2.27. The van der Waals surface area contributed by atoms with Gasteiger partial charge in [0.25, 0.3) is 0 Å². The highest BCUT2D eigenvalue weighted by molar-refractivity contribution is 9.10. The third-order valence-electron chi connectivity index (χ3n) is 2.97. The molecule has 0 aliphatic carbocycles. The van der Waals surface area contributed by atoms with Crippen LogP contribution in [-0.2, 0) is 20.8 Å².